The minimum atomic E-state index is -4.09. The van der Waals surface area contributed by atoms with E-state index in [0.717, 1.165) is 21.3 Å². The smallest absolute Gasteiger partial charge is 0.254 e. The highest BCUT2D eigenvalue weighted by atomic mass is 32.2. The lowest BCUT2D eigenvalue weighted by Gasteiger charge is -2.26. The highest BCUT2D eigenvalue weighted by Crippen LogP contribution is 2.22. The monoisotopic (exact) mass is 401 g/mol. The summed E-state index contributed by atoms with van der Waals surface area (Å²) in [6.07, 6.45) is 0. The van der Waals surface area contributed by atoms with E-state index < -0.39 is 26.6 Å². The van der Waals surface area contributed by atoms with E-state index >= 15 is 0 Å². The molecule has 1 aromatic rings. The number of nitrogens with one attached hydrogen (secondary N) is 1. The Morgan fingerprint density at radius 3 is 2.52 bits per heavy atom. The zero-order valence-corrected chi connectivity index (χ0v) is 16.4. The number of rotatable bonds is 6. The van der Waals surface area contributed by atoms with Gasteiger partial charge in [0.25, 0.3) is 5.91 Å². The fraction of sp³-hybridized carbons (Fsp3) is 0.529. The molecule has 150 valence electrons. The van der Waals surface area contributed by atoms with Gasteiger partial charge in [0.2, 0.25) is 15.9 Å². The van der Waals surface area contributed by atoms with Crippen LogP contribution in [0.2, 0.25) is 0 Å². The first-order valence-corrected chi connectivity index (χ1v) is 9.99. The van der Waals surface area contributed by atoms with Gasteiger partial charge in [-0.15, -0.1) is 0 Å². The minimum absolute atomic E-state index is 0.0110. The first kappa shape index (κ1) is 21.3. The second kappa shape index (κ2) is 8.77. The van der Waals surface area contributed by atoms with Gasteiger partial charge < -0.3 is 15.0 Å². The van der Waals surface area contributed by atoms with E-state index in [0.29, 0.717) is 0 Å². The summed E-state index contributed by atoms with van der Waals surface area (Å²) in [5.74, 6) is -1.85. The summed E-state index contributed by atoms with van der Waals surface area (Å²) in [5, 5.41) is 2.66. The van der Waals surface area contributed by atoms with Crippen molar-refractivity contribution in [3.8, 4) is 0 Å². The van der Waals surface area contributed by atoms with Crippen LogP contribution < -0.4 is 5.32 Å². The number of nitrogens with zero attached hydrogens (tertiary/aromatic N) is 2. The zero-order chi connectivity index (χ0) is 20.2. The van der Waals surface area contributed by atoms with Crippen molar-refractivity contribution in [1.29, 1.82) is 0 Å². The first-order chi connectivity index (χ1) is 12.6. The van der Waals surface area contributed by atoms with Crippen LogP contribution in [0, 0.1) is 5.82 Å². The quantitative estimate of drug-likeness (QED) is 0.746. The van der Waals surface area contributed by atoms with Gasteiger partial charge in [-0.1, -0.05) is 0 Å². The number of morpholine rings is 1. The predicted molar refractivity (Wildman–Crippen MR) is 96.2 cm³/mol. The molecular weight excluding hydrogens is 377 g/mol. The number of ether oxygens (including phenoxy) is 1. The molecule has 0 bridgehead atoms. The van der Waals surface area contributed by atoms with E-state index in [4.69, 9.17) is 4.74 Å². The van der Waals surface area contributed by atoms with Crippen LogP contribution in [0.3, 0.4) is 0 Å². The van der Waals surface area contributed by atoms with Gasteiger partial charge in [0.15, 0.2) is 0 Å². The second-order valence-electron chi connectivity index (χ2n) is 6.55. The molecule has 0 aromatic heterocycles. The average molecular weight is 401 g/mol. The van der Waals surface area contributed by atoms with E-state index in [1.807, 2.05) is 0 Å². The Bertz CT molecular complexity index is 807. The molecule has 0 atom stereocenters. The lowest BCUT2D eigenvalue weighted by atomic mass is 10.2. The molecule has 0 saturated carbocycles. The van der Waals surface area contributed by atoms with Crippen molar-refractivity contribution in [2.24, 2.45) is 0 Å². The van der Waals surface area contributed by atoms with Gasteiger partial charge in [-0.2, -0.15) is 4.31 Å². The number of benzene rings is 1. The van der Waals surface area contributed by atoms with Crippen LogP contribution in [0.4, 0.5) is 4.39 Å². The third-order valence-electron chi connectivity index (χ3n) is 3.94. The molecule has 1 N–H and O–H groups in total. The molecule has 8 nitrogen and oxygen atoms in total. The molecule has 2 rings (SSSR count). The SMILES string of the molecule is CC(C)NC(=O)CN(C)C(=O)c1ccc(F)c(S(=O)(=O)N2CCOCC2)c1. The van der Waals surface area contributed by atoms with Gasteiger partial charge in [-0.05, 0) is 32.0 Å². The minimum Gasteiger partial charge on any atom is -0.379 e. The Morgan fingerprint density at radius 1 is 1.30 bits per heavy atom. The van der Waals surface area contributed by atoms with E-state index in [1.54, 1.807) is 13.8 Å². The Balaban J connectivity index is 2.23. The zero-order valence-electron chi connectivity index (χ0n) is 15.6. The van der Waals surface area contributed by atoms with E-state index in [-0.39, 0.29) is 50.4 Å². The number of amides is 2. The van der Waals surface area contributed by atoms with E-state index in [2.05, 4.69) is 5.32 Å². The van der Waals surface area contributed by atoms with Crippen molar-refractivity contribution in [2.45, 2.75) is 24.8 Å². The Labute approximate surface area is 158 Å². The largest absolute Gasteiger partial charge is 0.379 e. The fourth-order valence-electron chi connectivity index (χ4n) is 2.64. The molecule has 1 fully saturated rings. The number of likely N-dealkylation sites (N-methyl/N-ethyl adjacent to an activating group) is 1. The van der Waals surface area contributed by atoms with Gasteiger partial charge in [0, 0.05) is 31.7 Å². The second-order valence-corrected chi connectivity index (χ2v) is 8.45. The van der Waals surface area contributed by atoms with Crippen LogP contribution in [0.1, 0.15) is 24.2 Å². The summed E-state index contributed by atoms with van der Waals surface area (Å²) in [7, 11) is -2.67. The van der Waals surface area contributed by atoms with Crippen molar-refractivity contribution in [3.63, 3.8) is 0 Å². The normalized spacial score (nSPS) is 15.6. The summed E-state index contributed by atoms with van der Waals surface area (Å²) >= 11 is 0. The maximum absolute atomic E-state index is 14.2. The third kappa shape index (κ3) is 5.24. The van der Waals surface area contributed by atoms with Gasteiger partial charge in [0.05, 0.1) is 19.8 Å². The lowest BCUT2D eigenvalue weighted by Crippen LogP contribution is -2.41. The van der Waals surface area contributed by atoms with Crippen LogP contribution in [0.25, 0.3) is 0 Å². The first-order valence-electron chi connectivity index (χ1n) is 8.55. The van der Waals surface area contributed by atoms with E-state index in [1.165, 1.54) is 13.1 Å². The standard InChI is InChI=1S/C17H24FN3O5S/c1-12(2)19-16(22)11-20(3)17(23)13-4-5-14(18)15(10-13)27(24,25)21-6-8-26-9-7-21/h4-5,10,12H,6-9,11H2,1-3H3,(H,19,22). The predicted octanol–water partition coefficient (Wildman–Crippen LogP) is 0.443. The number of sulfonamides is 1. The molecule has 1 aromatic carbocycles. The van der Waals surface area contributed by atoms with Gasteiger partial charge in [-0.25, -0.2) is 12.8 Å². The van der Waals surface area contributed by atoms with Gasteiger partial charge >= 0.3 is 0 Å². The van der Waals surface area contributed by atoms with Crippen LogP contribution >= 0.6 is 0 Å². The van der Waals surface area contributed by atoms with Crippen LogP contribution in [-0.4, -0.2) is 75.4 Å². The summed E-state index contributed by atoms with van der Waals surface area (Å²) in [6.45, 7) is 4.09. The Hall–Kier alpha value is -2.04. The van der Waals surface area contributed by atoms with Crippen molar-refractivity contribution < 1.29 is 27.1 Å². The van der Waals surface area contributed by atoms with Crippen LogP contribution in [0.5, 0.6) is 0 Å². The molecule has 27 heavy (non-hydrogen) atoms. The number of carbonyl (C=O) groups excluding carboxylic acids is 2. The maximum Gasteiger partial charge on any atom is 0.254 e. The van der Waals surface area contributed by atoms with Crippen molar-refractivity contribution in [2.75, 3.05) is 39.9 Å². The molecule has 1 saturated heterocycles. The molecule has 10 heteroatoms. The molecule has 2 amide bonds. The highest BCUT2D eigenvalue weighted by molar-refractivity contribution is 7.89. The third-order valence-corrected chi connectivity index (χ3v) is 5.86. The lowest BCUT2D eigenvalue weighted by molar-refractivity contribution is -0.122. The van der Waals surface area contributed by atoms with Crippen LogP contribution in [0.15, 0.2) is 23.1 Å². The van der Waals surface area contributed by atoms with Crippen LogP contribution in [-0.2, 0) is 19.6 Å². The van der Waals surface area contributed by atoms with E-state index in [9.17, 15) is 22.4 Å². The fourth-order valence-corrected chi connectivity index (χ4v) is 4.13. The number of carbonyl (C=O) groups is 2. The molecule has 1 heterocycles. The molecule has 1 aliphatic heterocycles. The molecule has 0 unspecified atom stereocenters. The van der Waals surface area contributed by atoms with Gasteiger partial charge in [-0.3, -0.25) is 9.59 Å². The van der Waals surface area contributed by atoms with Crippen molar-refractivity contribution >= 4 is 21.8 Å². The molecule has 0 spiro atoms. The molecule has 0 radical (unpaired) electrons. The van der Waals surface area contributed by atoms with Crippen molar-refractivity contribution in [3.05, 3.63) is 29.6 Å². The summed E-state index contributed by atoms with van der Waals surface area (Å²) in [4.78, 5) is 24.9. The topological polar surface area (TPSA) is 96.0 Å². The van der Waals surface area contributed by atoms with Crippen molar-refractivity contribution in [1.82, 2.24) is 14.5 Å². The average Bonchev–Trinajstić information content (AvgIpc) is 2.61. The summed E-state index contributed by atoms with van der Waals surface area (Å²) in [6, 6.07) is 3.09. The maximum atomic E-state index is 14.2. The molecular formula is C17H24FN3O5S. The van der Waals surface area contributed by atoms with Gasteiger partial charge in [0.1, 0.15) is 10.7 Å². The molecule has 1 aliphatic rings. The molecule has 0 aliphatic carbocycles. The Morgan fingerprint density at radius 2 is 1.93 bits per heavy atom. The Kier molecular flexibility index (Phi) is 6.90. The number of hydrogen-bond acceptors (Lipinski definition) is 5. The summed E-state index contributed by atoms with van der Waals surface area (Å²) < 4.78 is 45.8. The number of hydrogen-bond donors (Lipinski definition) is 1. The number of halogens is 1. The highest BCUT2D eigenvalue weighted by Gasteiger charge is 2.30. The summed E-state index contributed by atoms with van der Waals surface area (Å²) in [5.41, 5.74) is -0.0110.